The van der Waals surface area contributed by atoms with E-state index in [2.05, 4.69) is 4.72 Å². The van der Waals surface area contributed by atoms with Crippen molar-refractivity contribution in [1.29, 1.82) is 0 Å². The van der Waals surface area contributed by atoms with Crippen LogP contribution in [0.3, 0.4) is 0 Å². The fourth-order valence-corrected chi connectivity index (χ4v) is 4.82. The van der Waals surface area contributed by atoms with Gasteiger partial charge in [-0.15, -0.1) is 0 Å². The van der Waals surface area contributed by atoms with Crippen molar-refractivity contribution >= 4 is 21.6 Å². The van der Waals surface area contributed by atoms with Gasteiger partial charge in [0.1, 0.15) is 0 Å². The van der Waals surface area contributed by atoms with Gasteiger partial charge < -0.3 is 10.6 Å². The van der Waals surface area contributed by atoms with E-state index in [1.807, 2.05) is 13.0 Å². The first kappa shape index (κ1) is 19.4. The van der Waals surface area contributed by atoms with E-state index in [1.165, 1.54) is 0 Å². The van der Waals surface area contributed by atoms with Gasteiger partial charge in [-0.25, -0.2) is 8.42 Å². The first-order chi connectivity index (χ1) is 12.8. The van der Waals surface area contributed by atoms with Gasteiger partial charge in [-0.1, -0.05) is 18.2 Å². The molecule has 3 rings (SSSR count). The molecule has 2 aromatic rings. The lowest BCUT2D eigenvalue weighted by molar-refractivity contribution is 0.0741. The molecule has 0 spiro atoms. The maximum atomic E-state index is 12.8. The molecule has 1 unspecified atom stereocenters. The van der Waals surface area contributed by atoms with Crippen LogP contribution in [0.15, 0.2) is 47.4 Å². The van der Waals surface area contributed by atoms with Crippen LogP contribution in [0.2, 0.25) is 0 Å². The number of anilines is 1. The van der Waals surface area contributed by atoms with E-state index in [-0.39, 0.29) is 16.8 Å². The van der Waals surface area contributed by atoms with E-state index in [0.29, 0.717) is 29.9 Å². The zero-order valence-electron chi connectivity index (χ0n) is 15.6. The number of likely N-dealkylation sites (tertiary alicyclic amines) is 1. The number of aryl methyl sites for hydroxylation is 2. The highest BCUT2D eigenvalue weighted by Gasteiger charge is 2.28. The standard InChI is InChI=1S/C20H25N3O3S/c1-14-8-9-15(2)19(11-14)27(25,26)22-17-6-3-5-16(12-17)20(24)23-10-4-7-18(23)13-21/h3,5-6,8-9,11-12,18,22H,4,7,10,13,21H2,1-2H3. The van der Waals surface area contributed by atoms with Gasteiger partial charge >= 0.3 is 0 Å². The van der Waals surface area contributed by atoms with Crippen LogP contribution in [-0.2, 0) is 10.0 Å². The van der Waals surface area contributed by atoms with Crippen LogP contribution in [0.1, 0.15) is 34.3 Å². The molecule has 144 valence electrons. The van der Waals surface area contributed by atoms with E-state index < -0.39 is 10.0 Å². The number of hydrogen-bond acceptors (Lipinski definition) is 4. The van der Waals surface area contributed by atoms with Crippen LogP contribution in [0.4, 0.5) is 5.69 Å². The Kier molecular flexibility index (Phi) is 5.53. The maximum Gasteiger partial charge on any atom is 0.262 e. The minimum atomic E-state index is -3.74. The molecule has 1 aliphatic heterocycles. The van der Waals surface area contributed by atoms with Crippen LogP contribution in [0, 0.1) is 13.8 Å². The average molecular weight is 388 g/mol. The number of rotatable bonds is 5. The van der Waals surface area contributed by atoms with Crippen LogP contribution in [-0.4, -0.2) is 38.4 Å². The van der Waals surface area contributed by atoms with Crippen LogP contribution in [0.25, 0.3) is 0 Å². The van der Waals surface area contributed by atoms with Gasteiger partial charge in [0.2, 0.25) is 0 Å². The molecule has 7 heteroatoms. The lowest BCUT2D eigenvalue weighted by Crippen LogP contribution is -2.39. The predicted octanol–water partition coefficient (Wildman–Crippen LogP) is 2.67. The number of benzene rings is 2. The lowest BCUT2D eigenvalue weighted by atomic mass is 10.1. The summed E-state index contributed by atoms with van der Waals surface area (Å²) in [5, 5.41) is 0. The molecule has 0 aromatic heterocycles. The number of carbonyl (C=O) groups excluding carboxylic acids is 1. The summed E-state index contributed by atoms with van der Waals surface area (Å²) in [6, 6.07) is 11.9. The number of sulfonamides is 1. The van der Waals surface area contributed by atoms with E-state index >= 15 is 0 Å². The fourth-order valence-electron chi connectivity index (χ4n) is 3.44. The van der Waals surface area contributed by atoms with Gasteiger partial charge in [0.25, 0.3) is 15.9 Å². The molecule has 1 atom stereocenters. The Balaban J connectivity index is 1.85. The Morgan fingerprint density at radius 2 is 2.00 bits per heavy atom. The molecule has 0 aliphatic carbocycles. The quantitative estimate of drug-likeness (QED) is 0.825. The van der Waals surface area contributed by atoms with Crippen LogP contribution >= 0.6 is 0 Å². The summed E-state index contributed by atoms with van der Waals surface area (Å²) in [5.41, 5.74) is 8.12. The molecule has 27 heavy (non-hydrogen) atoms. The molecule has 3 N–H and O–H groups in total. The number of amides is 1. The summed E-state index contributed by atoms with van der Waals surface area (Å²) in [7, 11) is -3.74. The number of hydrogen-bond donors (Lipinski definition) is 2. The number of nitrogens with zero attached hydrogens (tertiary/aromatic N) is 1. The van der Waals surface area contributed by atoms with Crippen molar-refractivity contribution in [3.05, 3.63) is 59.2 Å². The van der Waals surface area contributed by atoms with Crippen LogP contribution < -0.4 is 10.5 Å². The van der Waals surface area contributed by atoms with Crippen molar-refractivity contribution in [2.45, 2.75) is 37.6 Å². The molecule has 1 heterocycles. The van der Waals surface area contributed by atoms with E-state index in [1.54, 1.807) is 48.2 Å². The summed E-state index contributed by atoms with van der Waals surface area (Å²) in [5.74, 6) is -0.115. The topological polar surface area (TPSA) is 92.5 Å². The Labute approximate surface area is 160 Å². The van der Waals surface area contributed by atoms with Crippen LogP contribution in [0.5, 0.6) is 0 Å². The van der Waals surface area contributed by atoms with E-state index in [0.717, 1.165) is 18.4 Å². The minimum absolute atomic E-state index is 0.0489. The summed E-state index contributed by atoms with van der Waals surface area (Å²) < 4.78 is 28.2. The molecule has 2 aromatic carbocycles. The number of carbonyl (C=O) groups is 1. The third-order valence-corrected chi connectivity index (χ3v) is 6.43. The Morgan fingerprint density at radius 1 is 1.22 bits per heavy atom. The van der Waals surface area contributed by atoms with Crippen molar-refractivity contribution in [2.24, 2.45) is 5.73 Å². The molecule has 6 nitrogen and oxygen atoms in total. The molecule has 1 fully saturated rings. The fraction of sp³-hybridized carbons (Fsp3) is 0.350. The predicted molar refractivity (Wildman–Crippen MR) is 106 cm³/mol. The molecule has 1 aliphatic rings. The molecular formula is C20H25N3O3S. The molecule has 0 radical (unpaired) electrons. The number of nitrogens with two attached hydrogens (primary N) is 1. The van der Waals surface area contributed by atoms with E-state index in [4.69, 9.17) is 5.73 Å². The van der Waals surface area contributed by atoms with Crippen molar-refractivity contribution in [1.82, 2.24) is 4.90 Å². The molecule has 1 amide bonds. The largest absolute Gasteiger partial charge is 0.334 e. The minimum Gasteiger partial charge on any atom is -0.334 e. The van der Waals surface area contributed by atoms with E-state index in [9.17, 15) is 13.2 Å². The zero-order chi connectivity index (χ0) is 19.6. The highest BCUT2D eigenvalue weighted by molar-refractivity contribution is 7.92. The normalized spacial score (nSPS) is 17.1. The van der Waals surface area contributed by atoms with Gasteiger partial charge in [0.05, 0.1) is 4.90 Å². The van der Waals surface area contributed by atoms with Crippen molar-refractivity contribution in [3.63, 3.8) is 0 Å². The molecule has 0 bridgehead atoms. The van der Waals surface area contributed by atoms with Gasteiger partial charge in [0.15, 0.2) is 0 Å². The maximum absolute atomic E-state index is 12.8. The second-order valence-electron chi connectivity index (χ2n) is 6.99. The smallest absolute Gasteiger partial charge is 0.262 e. The second kappa shape index (κ2) is 7.70. The number of nitrogens with one attached hydrogen (secondary N) is 1. The van der Waals surface area contributed by atoms with Crippen molar-refractivity contribution in [2.75, 3.05) is 17.8 Å². The summed E-state index contributed by atoms with van der Waals surface area (Å²) in [6.07, 6.45) is 1.84. The Morgan fingerprint density at radius 3 is 2.74 bits per heavy atom. The highest BCUT2D eigenvalue weighted by atomic mass is 32.2. The summed E-state index contributed by atoms with van der Waals surface area (Å²) >= 11 is 0. The van der Waals surface area contributed by atoms with Crippen molar-refractivity contribution < 1.29 is 13.2 Å². The van der Waals surface area contributed by atoms with Gasteiger partial charge in [-0.05, 0) is 62.1 Å². The molecular weight excluding hydrogens is 362 g/mol. The summed E-state index contributed by atoms with van der Waals surface area (Å²) in [6.45, 7) is 4.72. The Hall–Kier alpha value is -2.38. The summed E-state index contributed by atoms with van der Waals surface area (Å²) in [4.78, 5) is 14.8. The SMILES string of the molecule is Cc1ccc(C)c(S(=O)(=O)Nc2cccc(C(=O)N3CCCC3CN)c2)c1. The van der Waals surface area contributed by atoms with Gasteiger partial charge in [-0.2, -0.15) is 0 Å². The van der Waals surface area contributed by atoms with Crippen molar-refractivity contribution in [3.8, 4) is 0 Å². The monoisotopic (exact) mass is 387 g/mol. The molecule has 1 saturated heterocycles. The second-order valence-corrected chi connectivity index (χ2v) is 8.64. The molecule has 0 saturated carbocycles. The lowest BCUT2D eigenvalue weighted by Gasteiger charge is -2.23. The first-order valence-electron chi connectivity index (χ1n) is 9.03. The average Bonchev–Trinajstić information content (AvgIpc) is 3.11. The first-order valence-corrected chi connectivity index (χ1v) is 10.5. The van der Waals surface area contributed by atoms with Gasteiger partial charge in [0, 0.05) is 30.4 Å². The third-order valence-electron chi connectivity index (χ3n) is 4.90. The third kappa shape index (κ3) is 4.14. The zero-order valence-corrected chi connectivity index (χ0v) is 16.4. The Bertz CT molecular complexity index is 957. The van der Waals surface area contributed by atoms with Gasteiger partial charge in [-0.3, -0.25) is 9.52 Å². The highest BCUT2D eigenvalue weighted by Crippen LogP contribution is 2.23.